The molecule has 1 heterocycles. The van der Waals surface area contributed by atoms with Crippen LogP contribution in [0.5, 0.6) is 5.88 Å². The zero-order valence-corrected chi connectivity index (χ0v) is 9.87. The second-order valence-electron chi connectivity index (χ2n) is 3.29. The van der Waals surface area contributed by atoms with Crippen molar-refractivity contribution < 1.29 is 27.4 Å². The first-order chi connectivity index (χ1) is 8.49. The van der Waals surface area contributed by atoms with Crippen LogP contribution in [0.4, 0.5) is 13.2 Å². The lowest BCUT2D eigenvalue weighted by Gasteiger charge is -2.10. The monoisotopic (exact) mass is 263 g/mol. The lowest BCUT2D eigenvalue weighted by atomic mass is 10.1. The average Bonchev–Trinajstić information content (AvgIpc) is 2.31. The molecule has 0 N–H and O–H groups in total. The van der Waals surface area contributed by atoms with E-state index in [1.165, 1.54) is 7.11 Å². The van der Waals surface area contributed by atoms with Crippen LogP contribution in [-0.4, -0.2) is 24.7 Å². The molecule has 4 nitrogen and oxygen atoms in total. The molecule has 1 rings (SSSR count). The van der Waals surface area contributed by atoms with Crippen LogP contribution in [0, 0.1) is 5.82 Å². The van der Waals surface area contributed by atoms with Gasteiger partial charge in [-0.05, 0) is 6.92 Å². The van der Waals surface area contributed by atoms with Crippen molar-refractivity contribution in [3.63, 3.8) is 0 Å². The smallest absolute Gasteiger partial charge is 0.310 e. The van der Waals surface area contributed by atoms with Crippen LogP contribution < -0.4 is 4.74 Å². The summed E-state index contributed by atoms with van der Waals surface area (Å²) in [5.41, 5.74) is -1.27. The predicted molar refractivity (Wildman–Crippen MR) is 56.0 cm³/mol. The Balaban J connectivity index is 3.12. The second-order valence-corrected chi connectivity index (χ2v) is 3.29. The second kappa shape index (κ2) is 6.23. The van der Waals surface area contributed by atoms with Crippen molar-refractivity contribution in [1.82, 2.24) is 4.98 Å². The molecule has 1 aromatic heterocycles. The Bertz CT molecular complexity index is 438. The van der Waals surface area contributed by atoms with Gasteiger partial charge in [0.15, 0.2) is 0 Å². The summed E-state index contributed by atoms with van der Waals surface area (Å²) in [7, 11) is 1.18. The Morgan fingerprint density at radius 3 is 2.67 bits per heavy atom. The molecule has 0 atom stereocenters. The van der Waals surface area contributed by atoms with Gasteiger partial charge in [-0.25, -0.2) is 18.2 Å². The number of aromatic nitrogens is 1. The fourth-order valence-corrected chi connectivity index (χ4v) is 1.35. The summed E-state index contributed by atoms with van der Waals surface area (Å²) in [5.74, 6) is -2.02. The Morgan fingerprint density at radius 1 is 1.50 bits per heavy atom. The van der Waals surface area contributed by atoms with Gasteiger partial charge in [0.2, 0.25) is 5.88 Å². The Morgan fingerprint density at radius 2 is 2.17 bits per heavy atom. The number of halogens is 3. The molecule has 0 unspecified atom stereocenters. The van der Waals surface area contributed by atoms with Gasteiger partial charge in [0, 0.05) is 11.6 Å². The number of hydrogen-bond donors (Lipinski definition) is 0. The maximum absolute atomic E-state index is 13.6. The maximum Gasteiger partial charge on any atom is 0.310 e. The van der Waals surface area contributed by atoms with Crippen molar-refractivity contribution in [2.24, 2.45) is 0 Å². The highest BCUT2D eigenvalue weighted by Gasteiger charge is 2.23. The average molecular weight is 263 g/mol. The van der Waals surface area contributed by atoms with Crippen LogP contribution in [-0.2, 0) is 16.0 Å². The van der Waals surface area contributed by atoms with Gasteiger partial charge in [-0.15, -0.1) is 0 Å². The number of hydrogen-bond acceptors (Lipinski definition) is 4. The van der Waals surface area contributed by atoms with Crippen molar-refractivity contribution in [1.29, 1.82) is 0 Å². The van der Waals surface area contributed by atoms with Gasteiger partial charge >= 0.3 is 5.97 Å². The molecule has 0 saturated heterocycles. The number of pyridine rings is 1. The number of nitrogens with zero attached hydrogens (tertiary/aromatic N) is 1. The number of rotatable bonds is 5. The Kier molecular flexibility index (Phi) is 4.94. The van der Waals surface area contributed by atoms with E-state index in [0.29, 0.717) is 0 Å². The van der Waals surface area contributed by atoms with Crippen LogP contribution in [0.1, 0.15) is 24.6 Å². The van der Waals surface area contributed by atoms with E-state index in [-0.39, 0.29) is 12.5 Å². The van der Waals surface area contributed by atoms with Crippen LogP contribution >= 0.6 is 0 Å². The predicted octanol–water partition coefficient (Wildman–Crippen LogP) is 2.27. The van der Waals surface area contributed by atoms with Gasteiger partial charge in [-0.1, -0.05) is 0 Å². The number of esters is 1. The fourth-order valence-electron chi connectivity index (χ4n) is 1.35. The molecule has 0 aliphatic heterocycles. The molecule has 0 aromatic carbocycles. The summed E-state index contributed by atoms with van der Waals surface area (Å²) in [4.78, 5) is 14.6. The molecule has 7 heteroatoms. The van der Waals surface area contributed by atoms with Gasteiger partial charge in [0.05, 0.1) is 20.1 Å². The summed E-state index contributed by atoms with van der Waals surface area (Å²) >= 11 is 0. The molecule has 100 valence electrons. The third-order valence-corrected chi connectivity index (χ3v) is 2.12. The normalized spacial score (nSPS) is 10.6. The third-order valence-electron chi connectivity index (χ3n) is 2.12. The fraction of sp³-hybridized carbons (Fsp3) is 0.455. The highest BCUT2D eigenvalue weighted by molar-refractivity contribution is 5.73. The quantitative estimate of drug-likeness (QED) is 0.765. The summed E-state index contributed by atoms with van der Waals surface area (Å²) in [5, 5.41) is 0. The number of methoxy groups -OCH3 is 1. The Hall–Kier alpha value is -1.79. The van der Waals surface area contributed by atoms with Crippen molar-refractivity contribution in [2.45, 2.75) is 19.8 Å². The maximum atomic E-state index is 13.6. The molecule has 0 saturated carbocycles. The van der Waals surface area contributed by atoms with Crippen molar-refractivity contribution in [3.05, 3.63) is 23.1 Å². The number of carbonyl (C=O) groups excluding carboxylic acids is 1. The Labute approximate surface area is 102 Å². The van der Waals surface area contributed by atoms with Crippen LogP contribution in [0.15, 0.2) is 6.07 Å². The van der Waals surface area contributed by atoms with Crippen molar-refractivity contribution in [2.75, 3.05) is 13.7 Å². The first-order valence-electron chi connectivity index (χ1n) is 5.16. The zero-order valence-electron chi connectivity index (χ0n) is 9.87. The van der Waals surface area contributed by atoms with Gasteiger partial charge in [-0.2, -0.15) is 0 Å². The van der Waals surface area contributed by atoms with E-state index in [0.717, 1.165) is 6.07 Å². The van der Waals surface area contributed by atoms with Crippen LogP contribution in [0.25, 0.3) is 0 Å². The summed E-state index contributed by atoms with van der Waals surface area (Å²) in [6.07, 6.45) is -3.59. The van der Waals surface area contributed by atoms with Crippen molar-refractivity contribution in [3.8, 4) is 5.88 Å². The van der Waals surface area contributed by atoms with Gasteiger partial charge in [0.25, 0.3) is 6.43 Å². The molecule has 0 aliphatic carbocycles. The lowest BCUT2D eigenvalue weighted by Crippen LogP contribution is -2.13. The van der Waals surface area contributed by atoms with Crippen molar-refractivity contribution >= 4 is 5.97 Å². The number of ether oxygens (including phenoxy) is 2. The summed E-state index contributed by atoms with van der Waals surface area (Å²) in [6.45, 7) is 1.66. The van der Waals surface area contributed by atoms with E-state index in [4.69, 9.17) is 0 Å². The molecule has 0 bridgehead atoms. The van der Waals surface area contributed by atoms with E-state index in [9.17, 15) is 18.0 Å². The minimum absolute atomic E-state index is 0.0913. The molecule has 0 spiro atoms. The highest BCUT2D eigenvalue weighted by atomic mass is 19.3. The largest absolute Gasteiger partial charge is 0.481 e. The summed E-state index contributed by atoms with van der Waals surface area (Å²) in [6, 6.07) is 0.848. The first-order valence-corrected chi connectivity index (χ1v) is 5.16. The van der Waals surface area contributed by atoms with Gasteiger partial charge < -0.3 is 9.47 Å². The minimum atomic E-state index is -3.00. The molecule has 0 amide bonds. The zero-order chi connectivity index (χ0) is 13.7. The molecular weight excluding hydrogens is 251 g/mol. The van der Waals surface area contributed by atoms with E-state index in [1.807, 2.05) is 0 Å². The molecule has 0 radical (unpaired) electrons. The minimum Gasteiger partial charge on any atom is -0.481 e. The van der Waals surface area contributed by atoms with Crippen LogP contribution in [0.3, 0.4) is 0 Å². The lowest BCUT2D eigenvalue weighted by molar-refractivity contribution is -0.142. The SMILES string of the molecule is CCOC(=O)Cc1c(F)cc(OC)nc1C(F)F. The van der Waals surface area contributed by atoms with Gasteiger partial charge in [-0.3, -0.25) is 4.79 Å². The molecule has 0 fully saturated rings. The topological polar surface area (TPSA) is 48.4 Å². The molecule has 18 heavy (non-hydrogen) atoms. The van der Waals surface area contributed by atoms with Crippen LogP contribution in [0.2, 0.25) is 0 Å². The van der Waals surface area contributed by atoms with Gasteiger partial charge in [0.1, 0.15) is 11.5 Å². The first kappa shape index (κ1) is 14.3. The van der Waals surface area contributed by atoms with E-state index in [1.54, 1.807) is 6.92 Å². The molecule has 1 aromatic rings. The number of carbonyl (C=O) groups is 1. The van der Waals surface area contributed by atoms with E-state index < -0.39 is 35.9 Å². The highest BCUT2D eigenvalue weighted by Crippen LogP contribution is 2.26. The molecular formula is C11H12F3NO3. The van der Waals surface area contributed by atoms with E-state index >= 15 is 0 Å². The number of alkyl halides is 2. The standard InChI is InChI=1S/C11H12F3NO3/c1-3-18-9(16)4-6-7(12)5-8(17-2)15-10(6)11(13)14/h5,11H,3-4H2,1-2H3. The van der Waals surface area contributed by atoms with E-state index in [2.05, 4.69) is 14.5 Å². The third kappa shape index (κ3) is 3.35. The molecule has 0 aliphatic rings. The summed E-state index contributed by atoms with van der Waals surface area (Å²) < 4.78 is 48.2.